The van der Waals surface area contributed by atoms with E-state index in [0.717, 1.165) is 11.1 Å². The van der Waals surface area contributed by atoms with E-state index in [1.807, 2.05) is 56.3 Å². The van der Waals surface area contributed by atoms with Crippen LogP contribution in [0.2, 0.25) is 0 Å². The molecule has 2 aliphatic rings. The quantitative estimate of drug-likeness (QED) is 0.567. The van der Waals surface area contributed by atoms with Crippen molar-refractivity contribution in [2.75, 3.05) is 0 Å². The minimum Gasteiger partial charge on any atom is -0.277 e. The van der Waals surface area contributed by atoms with Crippen LogP contribution in [0.25, 0.3) is 28.0 Å². The Hall–Kier alpha value is -3.21. The lowest BCUT2D eigenvalue weighted by Gasteiger charge is -2.10. The van der Waals surface area contributed by atoms with Gasteiger partial charge >= 0.3 is 5.69 Å². The zero-order valence-corrected chi connectivity index (χ0v) is 14.1. The normalized spacial score (nSPS) is 11.3. The number of hydrogen-bond acceptors (Lipinski definition) is 3. The molecule has 0 saturated heterocycles. The molecule has 0 unspecified atom stereocenters. The number of benzene rings is 1. The van der Waals surface area contributed by atoms with Crippen LogP contribution >= 0.6 is 0 Å². The van der Waals surface area contributed by atoms with E-state index in [2.05, 4.69) is 4.98 Å². The van der Waals surface area contributed by atoms with Crippen molar-refractivity contribution in [1.29, 1.82) is 0 Å². The fourth-order valence-corrected chi connectivity index (χ4v) is 3.16. The van der Waals surface area contributed by atoms with Gasteiger partial charge in [-0.1, -0.05) is 42.0 Å². The molecule has 0 radical (unpaired) electrons. The average molecular weight is 331 g/mol. The van der Waals surface area contributed by atoms with Gasteiger partial charge in [0.1, 0.15) is 0 Å². The van der Waals surface area contributed by atoms with Crippen LogP contribution in [0.4, 0.5) is 0 Å². The summed E-state index contributed by atoms with van der Waals surface area (Å²) in [7, 11) is 0. The van der Waals surface area contributed by atoms with Crippen molar-refractivity contribution in [2.24, 2.45) is 0 Å². The Labute approximate surface area is 144 Å². The Morgan fingerprint density at radius 3 is 2.40 bits per heavy atom. The van der Waals surface area contributed by atoms with Crippen LogP contribution in [0.15, 0.2) is 64.2 Å². The molecule has 2 aromatic rings. The third kappa shape index (κ3) is 2.28. The highest BCUT2D eigenvalue weighted by atomic mass is 16.2. The Morgan fingerprint density at radius 1 is 0.960 bits per heavy atom. The second kappa shape index (κ2) is 5.70. The van der Waals surface area contributed by atoms with Crippen LogP contribution in [0, 0.1) is 6.92 Å². The van der Waals surface area contributed by atoms with Crippen LogP contribution in [0.3, 0.4) is 0 Å². The van der Waals surface area contributed by atoms with Gasteiger partial charge < -0.3 is 0 Å². The van der Waals surface area contributed by atoms with Crippen LogP contribution in [-0.4, -0.2) is 14.1 Å². The summed E-state index contributed by atoms with van der Waals surface area (Å²) < 4.78 is 2.79. The highest BCUT2D eigenvalue weighted by Gasteiger charge is 2.21. The van der Waals surface area contributed by atoms with Gasteiger partial charge in [0.2, 0.25) is 0 Å². The second-order valence-electron chi connectivity index (χ2n) is 6.02. The van der Waals surface area contributed by atoms with E-state index < -0.39 is 0 Å². The molecule has 0 atom stereocenters. The molecule has 0 spiro atoms. The lowest BCUT2D eigenvalue weighted by Crippen LogP contribution is -2.38. The SMILES string of the molecule is CCn1c(=O)n(-c2ccc(C)cc2)c(=O)c2c3cccccc-3nc21. The van der Waals surface area contributed by atoms with Crippen molar-refractivity contribution in [3.8, 4) is 16.9 Å². The van der Waals surface area contributed by atoms with Gasteiger partial charge in [0.25, 0.3) is 5.56 Å². The fourth-order valence-electron chi connectivity index (χ4n) is 3.16. The number of aryl methyl sites for hydroxylation is 2. The maximum atomic E-state index is 13.2. The van der Waals surface area contributed by atoms with Crippen molar-refractivity contribution in [3.05, 3.63) is 81.0 Å². The highest BCUT2D eigenvalue weighted by Crippen LogP contribution is 2.27. The summed E-state index contributed by atoms with van der Waals surface area (Å²) in [6, 6.07) is 16.7. The molecule has 0 amide bonds. The Morgan fingerprint density at radius 2 is 1.68 bits per heavy atom. The van der Waals surface area contributed by atoms with Crippen LogP contribution < -0.4 is 11.2 Å². The molecule has 0 fully saturated rings. The second-order valence-corrected chi connectivity index (χ2v) is 6.02. The minimum atomic E-state index is -0.365. The van der Waals surface area contributed by atoms with Gasteiger partial charge in [-0.15, -0.1) is 0 Å². The maximum absolute atomic E-state index is 13.2. The first-order valence-corrected chi connectivity index (χ1v) is 8.23. The predicted octanol–water partition coefficient (Wildman–Crippen LogP) is 2.98. The van der Waals surface area contributed by atoms with Crippen molar-refractivity contribution >= 4 is 11.0 Å². The van der Waals surface area contributed by atoms with E-state index in [-0.39, 0.29) is 11.2 Å². The standard InChI is InChI=1S/C20H17N3O2/c1-3-22-18-17(15-7-5-4-6-8-16(15)21-18)19(24)23(20(22)25)14-11-9-13(2)10-12-14/h4-12H,3H2,1-2H3. The molecule has 0 bridgehead atoms. The Balaban J connectivity index is 2.20. The summed E-state index contributed by atoms with van der Waals surface area (Å²) in [5, 5.41) is 0.480. The van der Waals surface area contributed by atoms with Gasteiger partial charge in [0.15, 0.2) is 5.65 Å². The van der Waals surface area contributed by atoms with Gasteiger partial charge in [0, 0.05) is 12.1 Å². The van der Waals surface area contributed by atoms with Crippen LogP contribution in [-0.2, 0) is 6.54 Å². The van der Waals surface area contributed by atoms with Gasteiger partial charge in [-0.25, -0.2) is 14.3 Å². The van der Waals surface area contributed by atoms with Gasteiger partial charge in [-0.05, 0) is 32.0 Å². The van der Waals surface area contributed by atoms with Crippen molar-refractivity contribution < 1.29 is 0 Å². The van der Waals surface area contributed by atoms with Crippen molar-refractivity contribution in [3.63, 3.8) is 0 Å². The van der Waals surface area contributed by atoms with E-state index in [4.69, 9.17) is 0 Å². The summed E-state index contributed by atoms with van der Waals surface area (Å²) in [6.45, 7) is 4.29. The van der Waals surface area contributed by atoms with E-state index in [1.54, 1.807) is 16.7 Å². The van der Waals surface area contributed by atoms with Crippen molar-refractivity contribution in [2.45, 2.75) is 20.4 Å². The molecule has 0 saturated carbocycles. The summed E-state index contributed by atoms with van der Waals surface area (Å²) in [5.74, 6) is 0. The summed E-state index contributed by atoms with van der Waals surface area (Å²) in [6.07, 6.45) is 0. The lowest BCUT2D eigenvalue weighted by molar-refractivity contribution is 0.686. The molecule has 1 aliphatic heterocycles. The Kier molecular flexibility index (Phi) is 3.50. The molecular formula is C20H17N3O2. The van der Waals surface area contributed by atoms with Gasteiger partial charge in [-0.3, -0.25) is 9.36 Å². The van der Waals surface area contributed by atoms with Gasteiger partial charge in [-0.2, -0.15) is 0 Å². The number of aromatic nitrogens is 3. The Bertz CT molecular complexity index is 1170. The van der Waals surface area contributed by atoms with E-state index >= 15 is 0 Å². The average Bonchev–Trinajstić information content (AvgIpc) is 2.80. The van der Waals surface area contributed by atoms with Crippen LogP contribution in [0.1, 0.15) is 12.5 Å². The highest BCUT2D eigenvalue weighted by molar-refractivity contribution is 5.94. The third-order valence-electron chi connectivity index (χ3n) is 4.44. The summed E-state index contributed by atoms with van der Waals surface area (Å²) in [4.78, 5) is 30.7. The molecule has 25 heavy (non-hydrogen) atoms. The smallest absolute Gasteiger partial charge is 0.277 e. The molecule has 2 heterocycles. The molecule has 0 N–H and O–H groups in total. The third-order valence-corrected chi connectivity index (χ3v) is 4.44. The molecule has 4 rings (SSSR count). The van der Waals surface area contributed by atoms with E-state index in [1.165, 1.54) is 4.57 Å². The predicted molar refractivity (Wildman–Crippen MR) is 98.6 cm³/mol. The first-order valence-electron chi connectivity index (χ1n) is 8.23. The van der Waals surface area contributed by atoms with Gasteiger partial charge in [0.05, 0.1) is 16.8 Å². The molecule has 5 heteroatoms. The molecule has 124 valence electrons. The zero-order chi connectivity index (χ0) is 17.6. The molecular weight excluding hydrogens is 314 g/mol. The summed E-state index contributed by atoms with van der Waals surface area (Å²) >= 11 is 0. The van der Waals surface area contributed by atoms with Crippen LogP contribution in [0.5, 0.6) is 0 Å². The summed E-state index contributed by atoms with van der Waals surface area (Å²) in [5.41, 5.74) is 2.86. The molecule has 1 aromatic carbocycles. The maximum Gasteiger partial charge on any atom is 0.337 e. The number of nitrogens with zero attached hydrogens (tertiary/aromatic N) is 3. The monoisotopic (exact) mass is 331 g/mol. The van der Waals surface area contributed by atoms with E-state index in [0.29, 0.717) is 29.0 Å². The lowest BCUT2D eigenvalue weighted by atomic mass is 10.1. The molecule has 1 aliphatic carbocycles. The first-order chi connectivity index (χ1) is 12.1. The number of fused-ring (bicyclic) bond motifs is 3. The fraction of sp³-hybridized carbons (Fsp3) is 0.150. The molecule has 1 aromatic heterocycles. The zero-order valence-electron chi connectivity index (χ0n) is 14.1. The largest absolute Gasteiger partial charge is 0.337 e. The first kappa shape index (κ1) is 15.3. The van der Waals surface area contributed by atoms with E-state index in [9.17, 15) is 9.59 Å². The minimum absolute atomic E-state index is 0.331. The number of rotatable bonds is 2. The molecule has 5 nitrogen and oxygen atoms in total. The number of hydrogen-bond donors (Lipinski definition) is 0. The topological polar surface area (TPSA) is 56.9 Å². The van der Waals surface area contributed by atoms with Crippen molar-refractivity contribution in [1.82, 2.24) is 14.1 Å².